The molecule has 92 valence electrons. The van der Waals surface area contributed by atoms with Gasteiger partial charge >= 0.3 is 0 Å². The fourth-order valence-electron chi connectivity index (χ4n) is 1.68. The maximum absolute atomic E-state index is 12.1. The molecule has 4 heteroatoms. The third-order valence-electron chi connectivity index (χ3n) is 2.66. The zero-order valence-electron chi connectivity index (χ0n) is 10.1. The van der Waals surface area contributed by atoms with Gasteiger partial charge in [0.05, 0.1) is 4.91 Å². The number of hydrogen-bond acceptors (Lipinski definition) is 3. The number of benzene rings is 1. The van der Waals surface area contributed by atoms with Crippen molar-refractivity contribution >= 4 is 40.3 Å². The molecule has 1 fully saturated rings. The van der Waals surface area contributed by atoms with Crippen LogP contribution in [0.2, 0.25) is 0 Å². The van der Waals surface area contributed by atoms with Gasteiger partial charge in [0.25, 0.3) is 5.91 Å². The zero-order chi connectivity index (χ0) is 13.1. The normalized spacial score (nSPS) is 17.6. The van der Waals surface area contributed by atoms with Gasteiger partial charge in [-0.25, -0.2) is 0 Å². The molecule has 1 saturated heterocycles. The molecule has 2 rings (SSSR count). The molecule has 18 heavy (non-hydrogen) atoms. The number of aryl methyl sites for hydroxylation is 1. The summed E-state index contributed by atoms with van der Waals surface area (Å²) in [5.74, 6) is -0.0341. The summed E-state index contributed by atoms with van der Waals surface area (Å²) in [5, 5.41) is 0. The van der Waals surface area contributed by atoms with E-state index in [1.54, 1.807) is 11.0 Å². The molecule has 1 amide bonds. The van der Waals surface area contributed by atoms with Crippen molar-refractivity contribution in [3.05, 3.63) is 53.0 Å². The van der Waals surface area contributed by atoms with Gasteiger partial charge in [-0.1, -0.05) is 54.3 Å². The minimum absolute atomic E-state index is 0.0341. The summed E-state index contributed by atoms with van der Waals surface area (Å²) in [5.41, 5.74) is 2.20. The molecule has 0 atom stereocenters. The fraction of sp³-hybridized carbons (Fsp3) is 0.143. The van der Waals surface area contributed by atoms with E-state index in [0.29, 0.717) is 15.8 Å². The summed E-state index contributed by atoms with van der Waals surface area (Å²) in [6.07, 6.45) is 3.58. The average Bonchev–Trinajstić information content (AvgIpc) is 2.60. The van der Waals surface area contributed by atoms with Crippen LogP contribution in [0, 0.1) is 6.92 Å². The number of carbonyl (C=O) groups is 1. The summed E-state index contributed by atoms with van der Waals surface area (Å²) < 4.78 is 0.597. The Hall–Kier alpha value is -1.39. The van der Waals surface area contributed by atoms with Gasteiger partial charge in [0, 0.05) is 6.54 Å². The first kappa shape index (κ1) is 13.1. The van der Waals surface area contributed by atoms with Crippen LogP contribution in [0.3, 0.4) is 0 Å². The SMILES string of the molecule is C=CCN1C(=O)/C(=C\c2ccccc2C)SC1=S. The minimum Gasteiger partial charge on any atom is -0.289 e. The first-order valence-electron chi connectivity index (χ1n) is 5.55. The van der Waals surface area contributed by atoms with Gasteiger partial charge in [0.1, 0.15) is 4.32 Å². The maximum Gasteiger partial charge on any atom is 0.266 e. The lowest BCUT2D eigenvalue weighted by Gasteiger charge is -2.10. The monoisotopic (exact) mass is 275 g/mol. The molecular weight excluding hydrogens is 262 g/mol. The molecule has 1 aromatic carbocycles. The Balaban J connectivity index is 2.31. The molecule has 0 aliphatic carbocycles. The fourth-order valence-corrected chi connectivity index (χ4v) is 2.94. The molecule has 0 saturated carbocycles. The molecule has 0 unspecified atom stereocenters. The second-order valence-corrected chi connectivity index (χ2v) is 5.61. The first-order chi connectivity index (χ1) is 8.63. The Bertz CT molecular complexity index is 548. The number of rotatable bonds is 3. The van der Waals surface area contributed by atoms with E-state index in [4.69, 9.17) is 12.2 Å². The van der Waals surface area contributed by atoms with Crippen LogP contribution in [-0.2, 0) is 4.79 Å². The molecule has 2 nitrogen and oxygen atoms in total. The van der Waals surface area contributed by atoms with Crippen LogP contribution in [0.5, 0.6) is 0 Å². The Morgan fingerprint density at radius 2 is 2.17 bits per heavy atom. The van der Waals surface area contributed by atoms with E-state index >= 15 is 0 Å². The number of amides is 1. The lowest BCUT2D eigenvalue weighted by Crippen LogP contribution is -2.27. The molecule has 0 aromatic heterocycles. The summed E-state index contributed by atoms with van der Waals surface area (Å²) >= 11 is 6.53. The van der Waals surface area contributed by atoms with E-state index in [1.165, 1.54) is 11.8 Å². The van der Waals surface area contributed by atoms with E-state index in [1.807, 2.05) is 37.3 Å². The van der Waals surface area contributed by atoms with Gasteiger partial charge in [-0.3, -0.25) is 9.69 Å². The van der Waals surface area contributed by atoms with Gasteiger partial charge in [-0.15, -0.1) is 6.58 Å². The van der Waals surface area contributed by atoms with Crippen LogP contribution >= 0.6 is 24.0 Å². The van der Waals surface area contributed by atoms with Crippen LogP contribution in [-0.4, -0.2) is 21.7 Å². The molecular formula is C14H13NOS2. The number of thioether (sulfide) groups is 1. The zero-order valence-corrected chi connectivity index (χ0v) is 11.7. The van der Waals surface area contributed by atoms with Crippen LogP contribution < -0.4 is 0 Å². The van der Waals surface area contributed by atoms with Gasteiger partial charge < -0.3 is 0 Å². The predicted molar refractivity (Wildman–Crippen MR) is 81.3 cm³/mol. The highest BCUT2D eigenvalue weighted by Crippen LogP contribution is 2.32. The number of thiocarbonyl (C=S) groups is 1. The molecule has 0 bridgehead atoms. The molecule has 0 radical (unpaired) electrons. The van der Waals surface area contributed by atoms with Crippen molar-refractivity contribution in [2.75, 3.05) is 6.54 Å². The molecule has 1 aromatic rings. The van der Waals surface area contributed by atoms with E-state index in [-0.39, 0.29) is 5.91 Å². The van der Waals surface area contributed by atoms with Crippen molar-refractivity contribution in [1.82, 2.24) is 4.90 Å². The Labute approximate surface area is 116 Å². The molecule has 1 heterocycles. The highest BCUT2D eigenvalue weighted by molar-refractivity contribution is 8.26. The van der Waals surface area contributed by atoms with E-state index in [9.17, 15) is 4.79 Å². The topological polar surface area (TPSA) is 20.3 Å². The smallest absolute Gasteiger partial charge is 0.266 e. The van der Waals surface area contributed by atoms with E-state index in [0.717, 1.165) is 11.1 Å². The minimum atomic E-state index is -0.0341. The highest BCUT2D eigenvalue weighted by Gasteiger charge is 2.30. The Kier molecular flexibility index (Phi) is 3.99. The molecule has 1 aliphatic rings. The molecule has 0 N–H and O–H groups in total. The summed E-state index contributed by atoms with van der Waals surface area (Å²) in [6.45, 7) is 6.13. The van der Waals surface area contributed by atoms with E-state index < -0.39 is 0 Å². The van der Waals surface area contributed by atoms with Gasteiger partial charge in [0.2, 0.25) is 0 Å². The van der Waals surface area contributed by atoms with Crippen molar-refractivity contribution in [1.29, 1.82) is 0 Å². The van der Waals surface area contributed by atoms with Crippen LogP contribution in [0.4, 0.5) is 0 Å². The maximum atomic E-state index is 12.1. The van der Waals surface area contributed by atoms with Gasteiger partial charge in [0.15, 0.2) is 0 Å². The van der Waals surface area contributed by atoms with Gasteiger partial charge in [-0.05, 0) is 24.1 Å². The third kappa shape index (κ3) is 2.54. The average molecular weight is 275 g/mol. The molecule has 0 spiro atoms. The second-order valence-electron chi connectivity index (χ2n) is 3.94. The largest absolute Gasteiger partial charge is 0.289 e. The standard InChI is InChI=1S/C14H13NOS2/c1-3-8-15-13(16)12(18-14(15)17)9-11-7-5-4-6-10(11)2/h3-7,9H,1,8H2,2H3/b12-9+. The third-order valence-corrected chi connectivity index (χ3v) is 4.04. The summed E-state index contributed by atoms with van der Waals surface area (Å²) in [4.78, 5) is 14.4. The predicted octanol–water partition coefficient (Wildman–Crippen LogP) is 3.38. The number of hydrogen-bond donors (Lipinski definition) is 0. The summed E-state index contributed by atoms with van der Waals surface area (Å²) in [7, 11) is 0. The summed E-state index contributed by atoms with van der Waals surface area (Å²) in [6, 6.07) is 7.96. The molecule has 1 aliphatic heterocycles. The second kappa shape index (κ2) is 5.50. The van der Waals surface area contributed by atoms with Gasteiger partial charge in [-0.2, -0.15) is 0 Å². The lowest BCUT2D eigenvalue weighted by molar-refractivity contribution is -0.121. The lowest BCUT2D eigenvalue weighted by atomic mass is 10.1. The van der Waals surface area contributed by atoms with Crippen LogP contribution in [0.15, 0.2) is 41.8 Å². The Morgan fingerprint density at radius 1 is 1.44 bits per heavy atom. The highest BCUT2D eigenvalue weighted by atomic mass is 32.2. The van der Waals surface area contributed by atoms with Crippen molar-refractivity contribution in [2.24, 2.45) is 0 Å². The Morgan fingerprint density at radius 3 is 2.83 bits per heavy atom. The van der Waals surface area contributed by atoms with Crippen LogP contribution in [0.1, 0.15) is 11.1 Å². The van der Waals surface area contributed by atoms with Crippen molar-refractivity contribution in [3.63, 3.8) is 0 Å². The first-order valence-corrected chi connectivity index (χ1v) is 6.78. The number of nitrogens with zero attached hydrogens (tertiary/aromatic N) is 1. The van der Waals surface area contributed by atoms with Crippen molar-refractivity contribution in [2.45, 2.75) is 6.92 Å². The van der Waals surface area contributed by atoms with E-state index in [2.05, 4.69) is 6.58 Å². The number of carbonyl (C=O) groups excluding carboxylic acids is 1. The quantitative estimate of drug-likeness (QED) is 0.479. The van der Waals surface area contributed by atoms with Crippen molar-refractivity contribution < 1.29 is 4.79 Å². The van der Waals surface area contributed by atoms with Crippen LogP contribution in [0.25, 0.3) is 6.08 Å². The van der Waals surface area contributed by atoms with Crippen molar-refractivity contribution in [3.8, 4) is 0 Å².